The average Bonchev–Trinajstić information content (AvgIpc) is 3.12. The van der Waals surface area contributed by atoms with Crippen molar-refractivity contribution in [2.75, 3.05) is 37.6 Å². The highest BCUT2D eigenvalue weighted by molar-refractivity contribution is 6.30. The number of fused-ring (bicyclic) bond motifs is 1. The van der Waals surface area contributed by atoms with E-state index in [9.17, 15) is 14.7 Å². The van der Waals surface area contributed by atoms with Gasteiger partial charge < -0.3 is 25.0 Å². The molecule has 194 valence electrons. The molecule has 2 N–H and O–H groups in total. The summed E-state index contributed by atoms with van der Waals surface area (Å²) in [5.41, 5.74) is 1.86. The second kappa shape index (κ2) is 10.6. The molecular weight excluding hydrogens is 482 g/mol. The van der Waals surface area contributed by atoms with Crippen molar-refractivity contribution in [3.05, 3.63) is 52.4 Å². The second-order valence-electron chi connectivity index (χ2n) is 10.4. The number of aliphatic hydroxyl groups excluding tert-OH is 1. The van der Waals surface area contributed by atoms with E-state index in [-0.39, 0.29) is 18.4 Å². The molecule has 4 rings (SSSR count). The van der Waals surface area contributed by atoms with Crippen LogP contribution in [0.4, 0.5) is 10.6 Å². The maximum absolute atomic E-state index is 13.6. The predicted octanol–water partition coefficient (Wildman–Crippen LogP) is 3.63. The van der Waals surface area contributed by atoms with E-state index in [4.69, 9.17) is 16.3 Å². The Bertz CT molecular complexity index is 1100. The summed E-state index contributed by atoms with van der Waals surface area (Å²) in [4.78, 5) is 38.7. The maximum Gasteiger partial charge on any atom is 0.407 e. The normalized spacial score (nSPS) is 20.6. The molecule has 2 aromatic rings. The lowest BCUT2D eigenvalue weighted by Crippen LogP contribution is -2.51. The van der Waals surface area contributed by atoms with Gasteiger partial charge in [-0.3, -0.25) is 4.79 Å². The third kappa shape index (κ3) is 5.90. The molecule has 1 aromatic heterocycles. The van der Waals surface area contributed by atoms with Crippen LogP contribution in [-0.2, 0) is 9.53 Å². The number of hydrogen-bond acceptors (Lipinski definition) is 7. The van der Waals surface area contributed by atoms with Crippen LogP contribution in [-0.4, -0.2) is 70.3 Å². The van der Waals surface area contributed by atoms with Gasteiger partial charge in [-0.15, -0.1) is 0 Å². The number of piperazine rings is 1. The number of anilines is 1. The first-order chi connectivity index (χ1) is 17.0. The summed E-state index contributed by atoms with van der Waals surface area (Å²) >= 11 is 6.06. The molecule has 0 bridgehead atoms. The standard InChI is InChI=1S/C26H34ClN5O4/c1-16-13-20(33)22-21(16)23(30-15-29-22)31-9-11-32(12-10-31)24(34)19(17-5-7-18(27)8-6-17)14-28-25(35)36-26(2,3)4/h5-8,15-16,19-20,33H,9-14H2,1-4H3,(H,28,35)/t16-,19?,20-/m1/s1. The largest absolute Gasteiger partial charge is 0.444 e. The lowest BCUT2D eigenvalue weighted by atomic mass is 9.97. The van der Waals surface area contributed by atoms with Crippen LogP contribution in [0.5, 0.6) is 0 Å². The van der Waals surface area contributed by atoms with E-state index in [1.807, 2.05) is 17.0 Å². The van der Waals surface area contributed by atoms with Crippen LogP contribution < -0.4 is 10.2 Å². The minimum Gasteiger partial charge on any atom is -0.444 e. The highest BCUT2D eigenvalue weighted by Crippen LogP contribution is 2.42. The Labute approximate surface area is 216 Å². The molecule has 3 atom stereocenters. The summed E-state index contributed by atoms with van der Waals surface area (Å²) in [7, 11) is 0. The van der Waals surface area contributed by atoms with E-state index in [0.717, 1.165) is 16.9 Å². The number of hydrogen-bond donors (Lipinski definition) is 2. The van der Waals surface area contributed by atoms with Crippen LogP contribution in [0.3, 0.4) is 0 Å². The minimum absolute atomic E-state index is 0.0651. The maximum atomic E-state index is 13.6. The molecule has 1 aliphatic heterocycles. The smallest absolute Gasteiger partial charge is 0.407 e. The quantitative estimate of drug-likeness (QED) is 0.626. The van der Waals surface area contributed by atoms with Crippen molar-refractivity contribution in [3.63, 3.8) is 0 Å². The number of aromatic nitrogens is 2. The van der Waals surface area contributed by atoms with Gasteiger partial charge in [-0.1, -0.05) is 30.7 Å². The Balaban J connectivity index is 1.45. The molecule has 1 aromatic carbocycles. The van der Waals surface area contributed by atoms with Crippen LogP contribution in [0.25, 0.3) is 0 Å². The fourth-order valence-electron chi connectivity index (χ4n) is 4.86. The molecule has 2 heterocycles. The van der Waals surface area contributed by atoms with Crippen LogP contribution in [0.2, 0.25) is 5.02 Å². The highest BCUT2D eigenvalue weighted by Gasteiger charge is 2.35. The number of nitrogens with zero attached hydrogens (tertiary/aromatic N) is 4. The van der Waals surface area contributed by atoms with Gasteiger partial charge in [0.15, 0.2) is 0 Å². The zero-order valence-corrected chi connectivity index (χ0v) is 22.0. The molecule has 0 spiro atoms. The molecule has 0 saturated carbocycles. The molecule has 1 unspecified atom stereocenters. The topological polar surface area (TPSA) is 108 Å². The molecule has 2 amide bonds. The summed E-state index contributed by atoms with van der Waals surface area (Å²) in [6.07, 6.45) is 1.03. The van der Waals surface area contributed by atoms with E-state index in [0.29, 0.717) is 43.3 Å². The van der Waals surface area contributed by atoms with Crippen molar-refractivity contribution in [1.29, 1.82) is 0 Å². The number of halogens is 1. The molecule has 1 saturated heterocycles. The predicted molar refractivity (Wildman–Crippen MR) is 137 cm³/mol. The molecule has 1 fully saturated rings. The number of aliphatic hydroxyl groups is 1. The van der Waals surface area contributed by atoms with Crippen molar-refractivity contribution < 1.29 is 19.4 Å². The van der Waals surface area contributed by atoms with Gasteiger partial charge in [0.2, 0.25) is 5.91 Å². The number of rotatable bonds is 5. The summed E-state index contributed by atoms with van der Waals surface area (Å²) in [5, 5.41) is 13.6. The molecule has 2 aliphatic rings. The summed E-state index contributed by atoms with van der Waals surface area (Å²) < 4.78 is 5.35. The molecule has 9 nitrogen and oxygen atoms in total. The number of carbonyl (C=O) groups is 2. The SMILES string of the molecule is C[C@@H]1C[C@@H](O)c2ncnc(N3CCN(C(=O)C(CNC(=O)OC(C)(C)C)c4ccc(Cl)cc4)CC3)c21. The average molecular weight is 516 g/mol. The zero-order valence-electron chi connectivity index (χ0n) is 21.2. The number of benzene rings is 1. The first kappa shape index (κ1) is 26.2. The minimum atomic E-state index is -0.630. The molecule has 0 radical (unpaired) electrons. The van der Waals surface area contributed by atoms with Crippen LogP contribution in [0, 0.1) is 0 Å². The second-order valence-corrected chi connectivity index (χ2v) is 10.9. The molecule has 10 heteroatoms. The summed E-state index contributed by atoms with van der Waals surface area (Å²) in [5.74, 6) is 0.389. The Morgan fingerprint density at radius 2 is 1.83 bits per heavy atom. The number of nitrogens with one attached hydrogen (secondary N) is 1. The van der Waals surface area contributed by atoms with E-state index < -0.39 is 23.7 Å². The monoisotopic (exact) mass is 515 g/mol. The molecular formula is C26H34ClN5O4. The van der Waals surface area contributed by atoms with Crippen molar-refractivity contribution >= 4 is 29.4 Å². The lowest BCUT2D eigenvalue weighted by Gasteiger charge is -2.38. The highest BCUT2D eigenvalue weighted by atomic mass is 35.5. The Morgan fingerprint density at radius 1 is 1.17 bits per heavy atom. The Kier molecular flexibility index (Phi) is 7.70. The Morgan fingerprint density at radius 3 is 2.47 bits per heavy atom. The van der Waals surface area contributed by atoms with Crippen LogP contribution in [0.15, 0.2) is 30.6 Å². The lowest BCUT2D eigenvalue weighted by molar-refractivity contribution is -0.133. The fourth-order valence-corrected chi connectivity index (χ4v) is 4.98. The molecule has 36 heavy (non-hydrogen) atoms. The first-order valence-corrected chi connectivity index (χ1v) is 12.7. The Hall–Kier alpha value is -2.91. The van der Waals surface area contributed by atoms with Gasteiger partial charge in [0.25, 0.3) is 0 Å². The van der Waals surface area contributed by atoms with Crippen molar-refractivity contribution in [3.8, 4) is 0 Å². The van der Waals surface area contributed by atoms with Gasteiger partial charge in [0.1, 0.15) is 17.7 Å². The van der Waals surface area contributed by atoms with Crippen LogP contribution in [0.1, 0.15) is 68.9 Å². The van der Waals surface area contributed by atoms with E-state index >= 15 is 0 Å². The number of alkyl carbamates (subject to hydrolysis) is 1. The van der Waals surface area contributed by atoms with Gasteiger partial charge >= 0.3 is 6.09 Å². The van der Waals surface area contributed by atoms with E-state index in [2.05, 4.69) is 27.1 Å². The van der Waals surface area contributed by atoms with Crippen molar-refractivity contribution in [1.82, 2.24) is 20.2 Å². The number of amides is 2. The van der Waals surface area contributed by atoms with Gasteiger partial charge in [0, 0.05) is 43.3 Å². The van der Waals surface area contributed by atoms with Crippen molar-refractivity contribution in [2.45, 2.75) is 57.7 Å². The molecule has 1 aliphatic carbocycles. The van der Waals surface area contributed by atoms with E-state index in [1.165, 1.54) is 6.33 Å². The van der Waals surface area contributed by atoms with Gasteiger partial charge in [-0.2, -0.15) is 0 Å². The third-order valence-electron chi connectivity index (χ3n) is 6.59. The summed E-state index contributed by atoms with van der Waals surface area (Å²) in [6.45, 7) is 9.85. The van der Waals surface area contributed by atoms with E-state index in [1.54, 1.807) is 32.9 Å². The number of carbonyl (C=O) groups excluding carboxylic acids is 2. The van der Waals surface area contributed by atoms with Crippen molar-refractivity contribution in [2.24, 2.45) is 0 Å². The third-order valence-corrected chi connectivity index (χ3v) is 6.84. The van der Waals surface area contributed by atoms with Crippen LogP contribution >= 0.6 is 11.6 Å². The van der Waals surface area contributed by atoms with Gasteiger partial charge in [0.05, 0.1) is 17.7 Å². The van der Waals surface area contributed by atoms with Gasteiger partial charge in [-0.05, 0) is 50.8 Å². The number of ether oxygens (including phenoxy) is 1. The van der Waals surface area contributed by atoms with Gasteiger partial charge in [-0.25, -0.2) is 14.8 Å². The summed E-state index contributed by atoms with van der Waals surface area (Å²) in [6, 6.07) is 7.12. The first-order valence-electron chi connectivity index (χ1n) is 12.3. The fraction of sp³-hybridized carbons (Fsp3) is 0.538. The zero-order chi connectivity index (χ0) is 26.0.